The highest BCUT2D eigenvalue weighted by Gasteiger charge is 2.26. The molecule has 0 spiro atoms. The van der Waals surface area contributed by atoms with Crippen LogP contribution in [-0.4, -0.2) is 39.8 Å². The Balaban J connectivity index is 0.00000225. The number of aromatic nitrogens is 3. The van der Waals surface area contributed by atoms with Crippen LogP contribution >= 0.6 is 23.7 Å². The van der Waals surface area contributed by atoms with E-state index in [1.54, 1.807) is 16.8 Å². The predicted octanol–water partition coefficient (Wildman–Crippen LogP) is 3.28. The topological polar surface area (TPSA) is 71.8 Å². The molecule has 3 aromatic rings. The quantitative estimate of drug-likeness (QED) is 0.678. The third kappa shape index (κ3) is 4.24. The molecule has 1 fully saturated rings. The van der Waals surface area contributed by atoms with Gasteiger partial charge in [-0.25, -0.2) is 14.1 Å². The van der Waals surface area contributed by atoms with E-state index < -0.39 is 0 Å². The molecule has 1 aliphatic heterocycles. The predicted molar refractivity (Wildman–Crippen MR) is 110 cm³/mol. The lowest BCUT2D eigenvalue weighted by Crippen LogP contribution is -2.48. The van der Waals surface area contributed by atoms with Crippen molar-refractivity contribution in [2.45, 2.75) is 19.4 Å². The van der Waals surface area contributed by atoms with Gasteiger partial charge in [-0.2, -0.15) is 0 Å². The molecule has 1 aromatic carbocycles. The molecule has 1 aliphatic rings. The summed E-state index contributed by atoms with van der Waals surface area (Å²) < 4.78 is 14.9. The lowest BCUT2D eigenvalue weighted by atomic mass is 9.95. The van der Waals surface area contributed by atoms with E-state index in [4.69, 9.17) is 0 Å². The van der Waals surface area contributed by atoms with Gasteiger partial charge in [0.15, 0.2) is 5.82 Å². The molecule has 148 valence electrons. The fraction of sp³-hybridized carbons (Fsp3) is 0.316. The van der Waals surface area contributed by atoms with Gasteiger partial charge in [-0.1, -0.05) is 13.0 Å². The second-order valence-electron chi connectivity index (χ2n) is 6.67. The first-order valence-corrected chi connectivity index (χ1v) is 9.78. The van der Waals surface area contributed by atoms with Crippen LogP contribution in [0.3, 0.4) is 0 Å². The van der Waals surface area contributed by atoms with Crippen LogP contribution in [0.2, 0.25) is 0 Å². The maximum absolute atomic E-state index is 13.3. The number of nitrogens with one attached hydrogen (secondary N) is 2. The Hall–Kier alpha value is -2.29. The summed E-state index contributed by atoms with van der Waals surface area (Å²) in [5.74, 6) is 0.425. The molecule has 0 bridgehead atoms. The monoisotopic (exact) mass is 421 g/mol. The molecule has 0 radical (unpaired) electrons. The Morgan fingerprint density at radius 3 is 2.79 bits per heavy atom. The van der Waals surface area contributed by atoms with E-state index in [9.17, 15) is 9.18 Å². The lowest BCUT2D eigenvalue weighted by molar-refractivity contribution is 0.0903. The van der Waals surface area contributed by atoms with Crippen LogP contribution in [0, 0.1) is 11.7 Å². The van der Waals surface area contributed by atoms with Gasteiger partial charge in [0, 0.05) is 6.04 Å². The van der Waals surface area contributed by atoms with Gasteiger partial charge in [-0.15, -0.1) is 28.8 Å². The highest BCUT2D eigenvalue weighted by molar-refractivity contribution is 7.13. The number of hydrogen-bond acceptors (Lipinski definition) is 5. The van der Waals surface area contributed by atoms with Gasteiger partial charge in [-0.3, -0.25) is 4.79 Å². The van der Waals surface area contributed by atoms with Gasteiger partial charge >= 0.3 is 0 Å². The molecule has 9 heteroatoms. The summed E-state index contributed by atoms with van der Waals surface area (Å²) in [5.41, 5.74) is 0.654. The number of piperidine rings is 1. The molecule has 2 unspecified atom stereocenters. The summed E-state index contributed by atoms with van der Waals surface area (Å²) in [7, 11) is 0. The highest BCUT2D eigenvalue weighted by atomic mass is 35.5. The van der Waals surface area contributed by atoms with E-state index in [-0.39, 0.29) is 36.0 Å². The molecule has 0 aliphatic carbocycles. The molecule has 2 atom stereocenters. The first-order valence-electron chi connectivity index (χ1n) is 8.90. The smallest absolute Gasteiger partial charge is 0.291 e. The van der Waals surface area contributed by atoms with Gasteiger partial charge < -0.3 is 10.6 Å². The molecular formula is C19H21ClFN5OS. The van der Waals surface area contributed by atoms with Crippen LogP contribution in [0.5, 0.6) is 0 Å². The SMILES string of the molecule is CC1CNCCC1NC(=O)c1nc(-c2cccs2)n(-c2ccc(F)cc2)n1.Cl. The minimum Gasteiger partial charge on any atom is -0.346 e. The summed E-state index contributed by atoms with van der Waals surface area (Å²) in [5, 5.41) is 12.7. The summed E-state index contributed by atoms with van der Waals surface area (Å²) in [4.78, 5) is 18.1. The maximum Gasteiger partial charge on any atom is 0.291 e. The Labute approximate surface area is 172 Å². The van der Waals surface area contributed by atoms with Crippen molar-refractivity contribution in [3.63, 3.8) is 0 Å². The zero-order valence-corrected chi connectivity index (χ0v) is 16.9. The fourth-order valence-electron chi connectivity index (χ4n) is 3.20. The van der Waals surface area contributed by atoms with E-state index in [0.717, 1.165) is 24.4 Å². The summed E-state index contributed by atoms with van der Waals surface area (Å²) in [6.07, 6.45) is 0.878. The van der Waals surface area contributed by atoms with Gasteiger partial charge in [0.05, 0.1) is 10.6 Å². The Morgan fingerprint density at radius 1 is 1.32 bits per heavy atom. The van der Waals surface area contributed by atoms with E-state index in [0.29, 0.717) is 17.4 Å². The average molecular weight is 422 g/mol. The number of amides is 1. The maximum atomic E-state index is 13.3. The number of rotatable bonds is 4. The standard InChI is InChI=1S/C19H20FN5OS.ClH/c1-12-11-21-9-8-15(12)22-19(26)17-23-18(16-3-2-10-27-16)25(24-17)14-6-4-13(20)5-7-14;/h2-7,10,12,15,21H,8-9,11H2,1H3,(H,22,26);1H. The highest BCUT2D eigenvalue weighted by Crippen LogP contribution is 2.25. The molecule has 1 saturated heterocycles. The van der Waals surface area contributed by atoms with Crippen molar-refractivity contribution in [2.24, 2.45) is 5.92 Å². The second-order valence-corrected chi connectivity index (χ2v) is 7.62. The van der Waals surface area contributed by atoms with E-state index in [1.165, 1.54) is 23.5 Å². The summed E-state index contributed by atoms with van der Waals surface area (Å²) in [6.45, 7) is 3.87. The molecule has 28 heavy (non-hydrogen) atoms. The number of carbonyl (C=O) groups is 1. The van der Waals surface area contributed by atoms with Crippen molar-refractivity contribution >= 4 is 29.7 Å². The van der Waals surface area contributed by atoms with Gasteiger partial charge in [0.2, 0.25) is 5.82 Å². The number of thiophene rings is 1. The van der Waals surface area contributed by atoms with Crippen molar-refractivity contribution in [3.8, 4) is 16.4 Å². The number of benzene rings is 1. The number of nitrogens with zero attached hydrogens (tertiary/aromatic N) is 3. The van der Waals surface area contributed by atoms with Crippen LogP contribution in [0.1, 0.15) is 24.0 Å². The van der Waals surface area contributed by atoms with E-state index in [1.807, 2.05) is 17.5 Å². The van der Waals surface area contributed by atoms with Crippen LogP contribution < -0.4 is 10.6 Å². The Morgan fingerprint density at radius 2 is 2.11 bits per heavy atom. The van der Waals surface area contributed by atoms with Crippen molar-refractivity contribution in [2.75, 3.05) is 13.1 Å². The molecule has 1 amide bonds. The van der Waals surface area contributed by atoms with Crippen LogP contribution in [-0.2, 0) is 0 Å². The molecule has 0 saturated carbocycles. The summed E-state index contributed by atoms with van der Waals surface area (Å²) >= 11 is 1.51. The molecule has 2 aromatic heterocycles. The number of carbonyl (C=O) groups excluding carboxylic acids is 1. The normalized spacial score (nSPS) is 19.1. The Kier molecular flexibility index (Phi) is 6.43. The molecule has 6 nitrogen and oxygen atoms in total. The van der Waals surface area contributed by atoms with Crippen molar-refractivity contribution < 1.29 is 9.18 Å². The molecule has 2 N–H and O–H groups in total. The van der Waals surface area contributed by atoms with E-state index in [2.05, 4.69) is 27.6 Å². The van der Waals surface area contributed by atoms with Crippen LogP contribution in [0.4, 0.5) is 4.39 Å². The van der Waals surface area contributed by atoms with Crippen LogP contribution in [0.15, 0.2) is 41.8 Å². The van der Waals surface area contributed by atoms with E-state index >= 15 is 0 Å². The molecular weight excluding hydrogens is 401 g/mol. The first kappa shape index (κ1) is 20.4. The number of halogens is 2. The third-order valence-electron chi connectivity index (χ3n) is 4.72. The largest absolute Gasteiger partial charge is 0.346 e. The molecule has 3 heterocycles. The van der Waals surface area contributed by atoms with Crippen LogP contribution in [0.25, 0.3) is 16.4 Å². The Bertz CT molecular complexity index is 928. The van der Waals surface area contributed by atoms with Crippen molar-refractivity contribution in [1.82, 2.24) is 25.4 Å². The third-order valence-corrected chi connectivity index (χ3v) is 5.59. The number of hydrogen-bond donors (Lipinski definition) is 2. The first-order chi connectivity index (χ1) is 13.1. The minimum absolute atomic E-state index is 0. The average Bonchev–Trinajstić information content (AvgIpc) is 3.33. The fourth-order valence-corrected chi connectivity index (χ4v) is 3.90. The summed E-state index contributed by atoms with van der Waals surface area (Å²) in [6, 6.07) is 9.92. The van der Waals surface area contributed by atoms with Gasteiger partial charge in [0.1, 0.15) is 5.82 Å². The zero-order chi connectivity index (χ0) is 18.8. The van der Waals surface area contributed by atoms with Crippen molar-refractivity contribution in [3.05, 3.63) is 53.4 Å². The second kappa shape index (κ2) is 8.81. The van der Waals surface area contributed by atoms with Crippen molar-refractivity contribution in [1.29, 1.82) is 0 Å². The molecule has 4 rings (SSSR count). The van der Waals surface area contributed by atoms with Gasteiger partial charge in [0.25, 0.3) is 5.91 Å². The minimum atomic E-state index is -0.325. The van der Waals surface area contributed by atoms with Gasteiger partial charge in [-0.05, 0) is 61.1 Å². The zero-order valence-electron chi connectivity index (χ0n) is 15.3. The lowest BCUT2D eigenvalue weighted by Gasteiger charge is -2.29.